The van der Waals surface area contributed by atoms with Gasteiger partial charge < -0.3 is 19.6 Å². The Hall–Kier alpha value is -2.08. The number of carboxylic acid groups (broad SMARTS) is 1. The van der Waals surface area contributed by atoms with E-state index in [1.165, 1.54) is 0 Å². The average Bonchev–Trinajstić information content (AvgIpc) is 2.69. The van der Waals surface area contributed by atoms with Crippen LogP contribution in [0.4, 0.5) is 0 Å². The van der Waals surface area contributed by atoms with Crippen LogP contribution in [-0.2, 0) is 16.0 Å². The van der Waals surface area contributed by atoms with Gasteiger partial charge in [0.25, 0.3) is 0 Å². The molecule has 2 unspecified atom stereocenters. The molecule has 1 heterocycles. The number of carbonyl (C=O) groups is 2. The van der Waals surface area contributed by atoms with Gasteiger partial charge in [-0.15, -0.1) is 0 Å². The monoisotopic (exact) mass is 390 g/mol. The predicted molar refractivity (Wildman–Crippen MR) is 110 cm³/mol. The van der Waals surface area contributed by atoms with Gasteiger partial charge in [0.2, 0.25) is 5.91 Å². The van der Waals surface area contributed by atoms with E-state index in [-0.39, 0.29) is 24.2 Å². The molecule has 1 aromatic rings. The van der Waals surface area contributed by atoms with E-state index in [1.54, 1.807) is 7.11 Å². The first kappa shape index (κ1) is 22.2. The zero-order chi connectivity index (χ0) is 20.5. The number of piperidine rings is 1. The molecule has 0 aromatic heterocycles. The molecule has 0 bridgehead atoms. The molecule has 1 saturated heterocycles. The zero-order valence-corrected chi connectivity index (χ0v) is 17.4. The number of carboxylic acids is 1. The zero-order valence-electron chi connectivity index (χ0n) is 17.4. The summed E-state index contributed by atoms with van der Waals surface area (Å²) in [7, 11) is 1.62. The van der Waals surface area contributed by atoms with Gasteiger partial charge in [0, 0.05) is 19.5 Å². The molecule has 6 heteroatoms. The Morgan fingerprint density at radius 2 is 1.86 bits per heavy atom. The largest absolute Gasteiger partial charge is 0.497 e. The van der Waals surface area contributed by atoms with E-state index in [4.69, 9.17) is 4.74 Å². The standard InChI is InChI=1S/C22H34N2O4/c1-4-23(5-2)12-10-19-16-24(13-11-18(19)15-22(26)27)21(25)14-17-6-8-20(28-3)9-7-17/h6-9,18-19H,4-5,10-16H2,1-3H3,(H,26,27). The highest BCUT2D eigenvalue weighted by molar-refractivity contribution is 5.79. The predicted octanol–water partition coefficient (Wildman–Crippen LogP) is 2.91. The second kappa shape index (κ2) is 11.1. The van der Waals surface area contributed by atoms with Crippen LogP contribution in [0.2, 0.25) is 0 Å². The maximum atomic E-state index is 12.8. The number of carbonyl (C=O) groups excluding carboxylic acids is 1. The maximum Gasteiger partial charge on any atom is 0.303 e. The number of benzene rings is 1. The highest BCUT2D eigenvalue weighted by atomic mass is 16.5. The Kier molecular flexibility index (Phi) is 8.77. The number of rotatable bonds is 10. The second-order valence-electron chi connectivity index (χ2n) is 7.59. The van der Waals surface area contributed by atoms with Crippen molar-refractivity contribution in [1.82, 2.24) is 9.80 Å². The topological polar surface area (TPSA) is 70.1 Å². The quantitative estimate of drug-likeness (QED) is 0.665. The van der Waals surface area contributed by atoms with E-state index in [2.05, 4.69) is 18.7 Å². The fourth-order valence-electron chi connectivity index (χ4n) is 4.05. The first-order valence-electron chi connectivity index (χ1n) is 10.3. The number of likely N-dealkylation sites (tertiary alicyclic amines) is 1. The number of hydrogen-bond acceptors (Lipinski definition) is 4. The summed E-state index contributed by atoms with van der Waals surface area (Å²) >= 11 is 0. The Labute approximate surface area is 168 Å². The summed E-state index contributed by atoms with van der Waals surface area (Å²) in [6.45, 7) is 8.53. The SMILES string of the molecule is CCN(CC)CCC1CN(C(=O)Cc2ccc(OC)cc2)CCC1CC(=O)O. The molecule has 2 rings (SSSR count). The summed E-state index contributed by atoms with van der Waals surface area (Å²) in [5.74, 6) is 0.549. The van der Waals surface area contributed by atoms with E-state index in [0.717, 1.165) is 43.8 Å². The number of ether oxygens (including phenoxy) is 1. The summed E-state index contributed by atoms with van der Waals surface area (Å²) in [5, 5.41) is 9.26. The third kappa shape index (κ3) is 6.51. The van der Waals surface area contributed by atoms with Gasteiger partial charge in [-0.05, 0) is 62.0 Å². The lowest BCUT2D eigenvalue weighted by molar-refractivity contribution is -0.139. The van der Waals surface area contributed by atoms with Gasteiger partial charge >= 0.3 is 5.97 Å². The molecule has 0 radical (unpaired) electrons. The number of amides is 1. The molecule has 1 N–H and O–H groups in total. The molecule has 2 atom stereocenters. The minimum atomic E-state index is -0.740. The third-order valence-electron chi connectivity index (χ3n) is 5.91. The average molecular weight is 391 g/mol. The number of methoxy groups -OCH3 is 1. The summed E-state index contributed by atoms with van der Waals surface area (Å²) in [6, 6.07) is 7.58. The molecule has 156 valence electrons. The molecule has 28 heavy (non-hydrogen) atoms. The molecule has 1 aliphatic rings. The summed E-state index contributed by atoms with van der Waals surface area (Å²) in [4.78, 5) is 28.4. The van der Waals surface area contributed by atoms with Crippen LogP contribution in [0.3, 0.4) is 0 Å². The van der Waals surface area contributed by atoms with Gasteiger partial charge in [0.15, 0.2) is 0 Å². The molecule has 1 aliphatic heterocycles. The van der Waals surface area contributed by atoms with E-state index < -0.39 is 5.97 Å². The van der Waals surface area contributed by atoms with Crippen molar-refractivity contribution in [3.63, 3.8) is 0 Å². The van der Waals surface area contributed by atoms with Crippen molar-refractivity contribution < 1.29 is 19.4 Å². The van der Waals surface area contributed by atoms with Crippen molar-refractivity contribution in [2.24, 2.45) is 11.8 Å². The van der Waals surface area contributed by atoms with Crippen molar-refractivity contribution >= 4 is 11.9 Å². The summed E-state index contributed by atoms with van der Waals surface area (Å²) in [6.07, 6.45) is 2.27. The lowest BCUT2D eigenvalue weighted by Gasteiger charge is -2.39. The highest BCUT2D eigenvalue weighted by Crippen LogP contribution is 2.30. The van der Waals surface area contributed by atoms with Crippen molar-refractivity contribution in [1.29, 1.82) is 0 Å². The van der Waals surface area contributed by atoms with Gasteiger partial charge in [0.05, 0.1) is 13.5 Å². The van der Waals surface area contributed by atoms with Gasteiger partial charge in [0.1, 0.15) is 5.75 Å². The van der Waals surface area contributed by atoms with Crippen LogP contribution in [0.1, 0.15) is 38.7 Å². The molecule has 6 nitrogen and oxygen atoms in total. The van der Waals surface area contributed by atoms with Crippen molar-refractivity contribution in [3.8, 4) is 5.75 Å². The van der Waals surface area contributed by atoms with Crippen molar-refractivity contribution in [2.45, 2.75) is 39.5 Å². The van der Waals surface area contributed by atoms with Gasteiger partial charge in [-0.1, -0.05) is 26.0 Å². The fourth-order valence-corrected chi connectivity index (χ4v) is 4.05. The number of nitrogens with zero attached hydrogens (tertiary/aromatic N) is 2. The third-order valence-corrected chi connectivity index (χ3v) is 5.91. The van der Waals surface area contributed by atoms with E-state index in [1.807, 2.05) is 29.2 Å². The van der Waals surface area contributed by atoms with E-state index in [0.29, 0.717) is 19.5 Å². The summed E-state index contributed by atoms with van der Waals surface area (Å²) in [5.41, 5.74) is 0.971. The Morgan fingerprint density at radius 1 is 1.18 bits per heavy atom. The summed E-state index contributed by atoms with van der Waals surface area (Å²) < 4.78 is 5.17. The Balaban J connectivity index is 1.98. The van der Waals surface area contributed by atoms with Crippen LogP contribution in [0, 0.1) is 11.8 Å². The molecule has 0 aliphatic carbocycles. The Morgan fingerprint density at radius 3 is 2.43 bits per heavy atom. The lowest BCUT2D eigenvalue weighted by atomic mass is 9.81. The van der Waals surface area contributed by atoms with Crippen LogP contribution < -0.4 is 4.74 Å². The van der Waals surface area contributed by atoms with Gasteiger partial charge in [-0.2, -0.15) is 0 Å². The first-order valence-corrected chi connectivity index (χ1v) is 10.3. The molecule has 1 fully saturated rings. The normalized spacial score (nSPS) is 19.6. The van der Waals surface area contributed by atoms with Crippen molar-refractivity contribution in [3.05, 3.63) is 29.8 Å². The van der Waals surface area contributed by atoms with Gasteiger partial charge in [-0.3, -0.25) is 9.59 Å². The minimum absolute atomic E-state index is 0.117. The van der Waals surface area contributed by atoms with Gasteiger partial charge in [-0.25, -0.2) is 0 Å². The van der Waals surface area contributed by atoms with Crippen LogP contribution in [-0.4, -0.2) is 66.6 Å². The molecule has 1 amide bonds. The minimum Gasteiger partial charge on any atom is -0.497 e. The van der Waals surface area contributed by atoms with Crippen LogP contribution in [0.15, 0.2) is 24.3 Å². The number of aliphatic carboxylic acids is 1. The lowest BCUT2D eigenvalue weighted by Crippen LogP contribution is -2.45. The number of hydrogen-bond donors (Lipinski definition) is 1. The Bertz CT molecular complexity index is 628. The smallest absolute Gasteiger partial charge is 0.303 e. The first-order chi connectivity index (χ1) is 13.5. The second-order valence-corrected chi connectivity index (χ2v) is 7.59. The fraction of sp³-hybridized carbons (Fsp3) is 0.636. The van der Waals surface area contributed by atoms with Crippen LogP contribution in [0.5, 0.6) is 5.75 Å². The van der Waals surface area contributed by atoms with Crippen LogP contribution >= 0.6 is 0 Å². The molecular formula is C22H34N2O4. The molecule has 0 saturated carbocycles. The molecule has 0 spiro atoms. The van der Waals surface area contributed by atoms with E-state index >= 15 is 0 Å². The molecular weight excluding hydrogens is 356 g/mol. The molecule has 1 aromatic carbocycles. The van der Waals surface area contributed by atoms with Crippen molar-refractivity contribution in [2.75, 3.05) is 39.8 Å². The van der Waals surface area contributed by atoms with E-state index in [9.17, 15) is 14.7 Å². The highest BCUT2D eigenvalue weighted by Gasteiger charge is 2.32. The van der Waals surface area contributed by atoms with Crippen LogP contribution in [0.25, 0.3) is 0 Å². The maximum absolute atomic E-state index is 12.8.